The minimum Gasteiger partial charge on any atom is -0.381 e. The number of hydrogen-bond acceptors (Lipinski definition) is 4. The van der Waals surface area contributed by atoms with Crippen LogP contribution in [0.1, 0.15) is 19.8 Å². The lowest BCUT2D eigenvalue weighted by atomic mass is 10.1. The van der Waals surface area contributed by atoms with Gasteiger partial charge in [-0.15, -0.1) is 12.4 Å². The molecule has 0 radical (unpaired) electrons. The van der Waals surface area contributed by atoms with Crippen LogP contribution in [0, 0.1) is 5.92 Å². The van der Waals surface area contributed by atoms with Gasteiger partial charge in [-0.2, -0.15) is 5.10 Å². The number of rotatable bonds is 5. The molecule has 3 N–H and O–H groups in total. The maximum absolute atomic E-state index is 11.7. The molecule has 7 heteroatoms. The number of hydrogen-bond donors (Lipinski definition) is 2. The molecule has 0 aliphatic carbocycles. The third-order valence-electron chi connectivity index (χ3n) is 2.95. The first kappa shape index (κ1) is 15.9. The third kappa shape index (κ3) is 4.81. The van der Waals surface area contributed by atoms with E-state index in [0.717, 1.165) is 32.0 Å². The topological polar surface area (TPSA) is 82.2 Å². The molecule has 6 nitrogen and oxygen atoms in total. The molecular weight excluding hydrogens is 268 g/mol. The number of aromatic nitrogens is 2. The van der Waals surface area contributed by atoms with Crippen LogP contribution in [-0.4, -0.2) is 34.9 Å². The number of carbonyl (C=O) groups excluding carboxylic acids is 1. The van der Waals surface area contributed by atoms with Gasteiger partial charge in [0.25, 0.3) is 0 Å². The Morgan fingerprint density at radius 2 is 2.53 bits per heavy atom. The van der Waals surface area contributed by atoms with Gasteiger partial charge in [0.05, 0.1) is 12.8 Å². The van der Waals surface area contributed by atoms with Crippen molar-refractivity contribution in [1.29, 1.82) is 0 Å². The molecule has 108 valence electrons. The van der Waals surface area contributed by atoms with E-state index in [1.54, 1.807) is 12.3 Å². The molecule has 1 fully saturated rings. The molecule has 2 rings (SSSR count). The molecule has 2 unspecified atom stereocenters. The Morgan fingerprint density at radius 1 is 1.74 bits per heavy atom. The van der Waals surface area contributed by atoms with Gasteiger partial charge in [0.1, 0.15) is 5.82 Å². The summed E-state index contributed by atoms with van der Waals surface area (Å²) < 4.78 is 7.15. The highest BCUT2D eigenvalue weighted by atomic mass is 35.5. The molecule has 0 aromatic carbocycles. The third-order valence-corrected chi connectivity index (χ3v) is 2.95. The van der Waals surface area contributed by atoms with E-state index in [2.05, 4.69) is 10.4 Å². The van der Waals surface area contributed by atoms with Crippen molar-refractivity contribution < 1.29 is 9.53 Å². The van der Waals surface area contributed by atoms with Crippen LogP contribution in [0.15, 0.2) is 12.3 Å². The van der Waals surface area contributed by atoms with Gasteiger partial charge in [0, 0.05) is 37.6 Å². The van der Waals surface area contributed by atoms with Crippen LogP contribution < -0.4 is 11.1 Å². The van der Waals surface area contributed by atoms with Crippen molar-refractivity contribution in [2.75, 3.05) is 18.5 Å². The zero-order chi connectivity index (χ0) is 13.0. The number of amides is 1. The Kier molecular flexibility index (Phi) is 6.27. The van der Waals surface area contributed by atoms with E-state index in [9.17, 15) is 4.79 Å². The summed E-state index contributed by atoms with van der Waals surface area (Å²) in [5.74, 6) is 1.14. The van der Waals surface area contributed by atoms with Crippen LogP contribution in [0.2, 0.25) is 0 Å². The van der Waals surface area contributed by atoms with Gasteiger partial charge in [-0.25, -0.2) is 4.68 Å². The maximum Gasteiger partial charge on any atom is 0.227 e. The first-order chi connectivity index (χ1) is 8.65. The van der Waals surface area contributed by atoms with E-state index in [0.29, 0.717) is 12.3 Å². The lowest BCUT2D eigenvalue weighted by molar-refractivity contribution is -0.116. The Hall–Kier alpha value is -1.11. The highest BCUT2D eigenvalue weighted by Gasteiger charge is 2.18. The second-order valence-electron chi connectivity index (χ2n) is 4.86. The first-order valence-electron chi connectivity index (χ1n) is 6.30. The Morgan fingerprint density at radius 3 is 3.16 bits per heavy atom. The normalized spacial score (nSPS) is 19.8. The second kappa shape index (κ2) is 7.47. The fourth-order valence-electron chi connectivity index (χ4n) is 2.04. The van der Waals surface area contributed by atoms with Crippen molar-refractivity contribution in [2.24, 2.45) is 11.7 Å². The number of carbonyl (C=O) groups is 1. The number of nitrogens with one attached hydrogen (secondary N) is 1. The monoisotopic (exact) mass is 288 g/mol. The van der Waals surface area contributed by atoms with E-state index in [1.165, 1.54) is 0 Å². The largest absolute Gasteiger partial charge is 0.381 e. The van der Waals surface area contributed by atoms with Crippen LogP contribution in [0.4, 0.5) is 5.82 Å². The van der Waals surface area contributed by atoms with E-state index < -0.39 is 0 Å². The molecule has 2 atom stereocenters. The number of anilines is 1. The predicted molar refractivity (Wildman–Crippen MR) is 75.3 cm³/mol. The smallest absolute Gasteiger partial charge is 0.227 e. The van der Waals surface area contributed by atoms with Crippen molar-refractivity contribution in [3.05, 3.63) is 12.3 Å². The highest BCUT2D eigenvalue weighted by molar-refractivity contribution is 5.90. The zero-order valence-corrected chi connectivity index (χ0v) is 11.9. The number of nitrogens with zero attached hydrogens (tertiary/aromatic N) is 2. The van der Waals surface area contributed by atoms with Crippen molar-refractivity contribution >= 4 is 24.1 Å². The molecular formula is C12H21ClN4O2. The maximum atomic E-state index is 11.7. The van der Waals surface area contributed by atoms with Crippen molar-refractivity contribution in [3.8, 4) is 0 Å². The van der Waals surface area contributed by atoms with E-state index in [4.69, 9.17) is 10.5 Å². The predicted octanol–water partition coefficient (Wildman–Crippen LogP) is 1.02. The highest BCUT2D eigenvalue weighted by Crippen LogP contribution is 2.17. The van der Waals surface area contributed by atoms with Gasteiger partial charge in [0.15, 0.2) is 0 Å². The minimum atomic E-state index is -0.135. The standard InChI is InChI=1S/C12H20N4O2.ClH/c1-9(13)6-12(17)15-11-2-4-14-16(11)7-10-3-5-18-8-10;/h2,4,9-10H,3,5-8,13H2,1H3,(H,15,17);1H. The molecule has 1 amide bonds. The minimum absolute atomic E-state index is 0. The number of halogens is 1. The summed E-state index contributed by atoms with van der Waals surface area (Å²) in [7, 11) is 0. The fourth-order valence-corrected chi connectivity index (χ4v) is 2.04. The Bertz CT molecular complexity index is 402. The molecule has 0 spiro atoms. The van der Waals surface area contributed by atoms with Crippen molar-refractivity contribution in [2.45, 2.75) is 32.4 Å². The number of nitrogens with two attached hydrogens (primary N) is 1. The average Bonchev–Trinajstić information content (AvgIpc) is 2.90. The van der Waals surface area contributed by atoms with Gasteiger partial charge in [0.2, 0.25) is 5.91 Å². The molecule has 0 bridgehead atoms. The van der Waals surface area contributed by atoms with Crippen LogP contribution in [0.3, 0.4) is 0 Å². The van der Waals surface area contributed by atoms with Crippen molar-refractivity contribution in [3.63, 3.8) is 0 Å². The van der Waals surface area contributed by atoms with Crippen LogP contribution in [0.5, 0.6) is 0 Å². The lowest BCUT2D eigenvalue weighted by Gasteiger charge is -2.12. The SMILES string of the molecule is CC(N)CC(=O)Nc1ccnn1CC1CCOC1.Cl. The second-order valence-corrected chi connectivity index (χ2v) is 4.86. The van der Waals surface area contributed by atoms with Gasteiger partial charge >= 0.3 is 0 Å². The summed E-state index contributed by atoms with van der Waals surface area (Å²) in [4.78, 5) is 11.7. The molecule has 0 saturated carbocycles. The molecule has 2 heterocycles. The molecule has 1 aromatic heterocycles. The van der Waals surface area contributed by atoms with Crippen LogP contribution >= 0.6 is 12.4 Å². The average molecular weight is 289 g/mol. The molecule has 1 aliphatic heterocycles. The quantitative estimate of drug-likeness (QED) is 0.847. The van der Waals surface area contributed by atoms with Gasteiger partial charge in [-0.05, 0) is 13.3 Å². The summed E-state index contributed by atoms with van der Waals surface area (Å²) in [6.45, 7) is 4.18. The van der Waals surface area contributed by atoms with E-state index in [1.807, 2.05) is 11.6 Å². The Labute approximate surface area is 119 Å². The van der Waals surface area contributed by atoms with Gasteiger partial charge < -0.3 is 15.8 Å². The van der Waals surface area contributed by atoms with Crippen LogP contribution in [-0.2, 0) is 16.1 Å². The molecule has 1 saturated heterocycles. The molecule has 1 aliphatic rings. The lowest BCUT2D eigenvalue weighted by Crippen LogP contribution is -2.25. The number of ether oxygens (including phenoxy) is 1. The Balaban J connectivity index is 0.00000180. The van der Waals surface area contributed by atoms with Gasteiger partial charge in [-0.3, -0.25) is 4.79 Å². The van der Waals surface area contributed by atoms with Gasteiger partial charge in [-0.1, -0.05) is 0 Å². The summed E-state index contributed by atoms with van der Waals surface area (Å²) in [6, 6.07) is 1.67. The molecule has 19 heavy (non-hydrogen) atoms. The first-order valence-corrected chi connectivity index (χ1v) is 6.30. The molecule has 1 aromatic rings. The summed E-state index contributed by atoms with van der Waals surface area (Å²) in [5.41, 5.74) is 5.59. The van der Waals surface area contributed by atoms with E-state index >= 15 is 0 Å². The summed E-state index contributed by atoms with van der Waals surface area (Å²) in [6.07, 6.45) is 3.06. The summed E-state index contributed by atoms with van der Waals surface area (Å²) >= 11 is 0. The van der Waals surface area contributed by atoms with E-state index in [-0.39, 0.29) is 24.4 Å². The summed E-state index contributed by atoms with van der Waals surface area (Å²) in [5, 5.41) is 7.06. The zero-order valence-electron chi connectivity index (χ0n) is 11.0. The van der Waals surface area contributed by atoms with Crippen molar-refractivity contribution in [1.82, 2.24) is 9.78 Å². The van der Waals surface area contributed by atoms with Crippen LogP contribution in [0.25, 0.3) is 0 Å². The fraction of sp³-hybridized carbons (Fsp3) is 0.667.